The summed E-state index contributed by atoms with van der Waals surface area (Å²) >= 11 is 0. The van der Waals surface area contributed by atoms with Crippen molar-refractivity contribution in [2.24, 2.45) is 0 Å². The highest BCUT2D eigenvalue weighted by Crippen LogP contribution is 2.30. The maximum atomic E-state index is 13.9. The van der Waals surface area contributed by atoms with Crippen LogP contribution in [-0.2, 0) is 17.8 Å². The van der Waals surface area contributed by atoms with Gasteiger partial charge in [0.2, 0.25) is 5.43 Å². The Bertz CT molecular complexity index is 1150. The average molecular weight is 461 g/mol. The first-order valence-electron chi connectivity index (χ1n) is 10.9. The van der Waals surface area contributed by atoms with E-state index >= 15 is 0 Å². The Balaban J connectivity index is 1.67. The summed E-state index contributed by atoms with van der Waals surface area (Å²) in [4.78, 5) is 40.8. The standard InChI is InChI=1S/C23H25F2N3O5/c1-3-4-7-32-21-19-23(31)28-13(2)12-33-18(28)11-27(19)10-16(20(21)29)22(30)26-9-14-5-6-15(24)8-17(14)25/h5-6,8,10,13,18H,3-4,7,9,11-12H2,1-2H3,(H,26,30)/t13-,18+/m1/s1. The molecule has 10 heteroatoms. The Morgan fingerprint density at radius 1 is 1.30 bits per heavy atom. The van der Waals surface area contributed by atoms with Crippen LogP contribution in [0.4, 0.5) is 8.78 Å². The highest BCUT2D eigenvalue weighted by atomic mass is 19.1. The normalized spacial score (nSPS) is 19.3. The largest absolute Gasteiger partial charge is 0.487 e. The molecule has 0 spiro atoms. The van der Waals surface area contributed by atoms with Crippen LogP contribution in [0.2, 0.25) is 0 Å². The summed E-state index contributed by atoms with van der Waals surface area (Å²) in [6.07, 6.45) is 2.29. The van der Waals surface area contributed by atoms with Crippen LogP contribution in [0.1, 0.15) is 53.1 Å². The quantitative estimate of drug-likeness (QED) is 0.640. The fourth-order valence-electron chi connectivity index (χ4n) is 4.01. The summed E-state index contributed by atoms with van der Waals surface area (Å²) in [5.74, 6) is -2.85. The lowest BCUT2D eigenvalue weighted by atomic mass is 10.1. The number of fused-ring (bicyclic) bond motifs is 2. The second-order valence-electron chi connectivity index (χ2n) is 8.17. The molecule has 2 atom stereocenters. The number of halogens is 2. The number of carbonyl (C=O) groups excluding carboxylic acids is 2. The van der Waals surface area contributed by atoms with Gasteiger partial charge in [-0.25, -0.2) is 8.78 Å². The summed E-state index contributed by atoms with van der Waals surface area (Å²) in [6.45, 7) is 4.41. The zero-order valence-corrected chi connectivity index (χ0v) is 18.4. The number of pyridine rings is 1. The van der Waals surface area contributed by atoms with Gasteiger partial charge in [-0.1, -0.05) is 19.4 Å². The van der Waals surface area contributed by atoms with Crippen molar-refractivity contribution in [1.29, 1.82) is 0 Å². The van der Waals surface area contributed by atoms with Crippen LogP contribution >= 0.6 is 0 Å². The van der Waals surface area contributed by atoms with Gasteiger partial charge in [0.1, 0.15) is 17.2 Å². The van der Waals surface area contributed by atoms with Crippen molar-refractivity contribution in [3.05, 3.63) is 63.1 Å². The smallest absolute Gasteiger partial charge is 0.276 e. The summed E-state index contributed by atoms with van der Waals surface area (Å²) in [5, 5.41) is 2.49. The van der Waals surface area contributed by atoms with Gasteiger partial charge in [0, 0.05) is 24.4 Å². The van der Waals surface area contributed by atoms with E-state index in [9.17, 15) is 23.2 Å². The van der Waals surface area contributed by atoms with Gasteiger partial charge in [-0.2, -0.15) is 0 Å². The van der Waals surface area contributed by atoms with E-state index in [1.165, 1.54) is 16.8 Å². The number of aromatic nitrogens is 1. The van der Waals surface area contributed by atoms with Crippen LogP contribution in [-0.4, -0.2) is 46.8 Å². The van der Waals surface area contributed by atoms with Crippen molar-refractivity contribution >= 4 is 11.8 Å². The van der Waals surface area contributed by atoms with Crippen molar-refractivity contribution in [2.45, 2.75) is 52.0 Å². The molecule has 0 saturated carbocycles. The third-order valence-corrected chi connectivity index (χ3v) is 5.79. The molecule has 176 valence electrons. The minimum Gasteiger partial charge on any atom is -0.487 e. The average Bonchev–Trinajstić information content (AvgIpc) is 3.15. The minimum atomic E-state index is -0.806. The van der Waals surface area contributed by atoms with Crippen LogP contribution in [0.5, 0.6) is 5.75 Å². The summed E-state index contributed by atoms with van der Waals surface area (Å²) in [5.41, 5.74) is -0.790. The van der Waals surface area contributed by atoms with Gasteiger partial charge >= 0.3 is 0 Å². The van der Waals surface area contributed by atoms with Gasteiger partial charge in [-0.15, -0.1) is 0 Å². The molecule has 1 saturated heterocycles. The number of hydrogen-bond acceptors (Lipinski definition) is 5. The molecule has 1 aromatic heterocycles. The molecule has 0 radical (unpaired) electrons. The molecule has 0 bridgehead atoms. The van der Waals surface area contributed by atoms with Gasteiger partial charge in [0.25, 0.3) is 11.8 Å². The number of nitrogens with zero attached hydrogens (tertiary/aromatic N) is 2. The second-order valence-corrected chi connectivity index (χ2v) is 8.17. The molecule has 4 rings (SSSR count). The molecular formula is C23H25F2N3O5. The van der Waals surface area contributed by atoms with E-state index in [-0.39, 0.29) is 54.2 Å². The topological polar surface area (TPSA) is 89.9 Å². The fraction of sp³-hybridized carbons (Fsp3) is 0.435. The molecule has 3 heterocycles. The van der Waals surface area contributed by atoms with E-state index in [0.717, 1.165) is 18.6 Å². The number of rotatable bonds is 7. The van der Waals surface area contributed by atoms with E-state index in [0.29, 0.717) is 13.0 Å². The number of benzene rings is 1. The monoisotopic (exact) mass is 461 g/mol. The minimum absolute atomic E-state index is 0.0707. The molecule has 0 aliphatic carbocycles. The fourth-order valence-corrected chi connectivity index (χ4v) is 4.01. The first-order valence-corrected chi connectivity index (χ1v) is 10.9. The highest BCUT2D eigenvalue weighted by Gasteiger charge is 2.43. The van der Waals surface area contributed by atoms with E-state index in [1.54, 1.807) is 4.90 Å². The summed E-state index contributed by atoms with van der Waals surface area (Å²) < 4.78 is 39.9. The van der Waals surface area contributed by atoms with Crippen LogP contribution in [0.25, 0.3) is 0 Å². The third kappa shape index (κ3) is 4.35. The van der Waals surface area contributed by atoms with Gasteiger partial charge in [-0.3, -0.25) is 14.4 Å². The number of amides is 2. The Hall–Kier alpha value is -3.27. The molecule has 2 aliphatic heterocycles. The number of carbonyl (C=O) groups is 2. The molecular weight excluding hydrogens is 436 g/mol. The molecule has 1 N–H and O–H groups in total. The van der Waals surface area contributed by atoms with Gasteiger partial charge < -0.3 is 24.3 Å². The Kier molecular flexibility index (Phi) is 6.46. The van der Waals surface area contributed by atoms with Crippen molar-refractivity contribution < 1.29 is 27.8 Å². The first-order chi connectivity index (χ1) is 15.8. The molecule has 2 amide bonds. The molecule has 1 aromatic carbocycles. The zero-order chi connectivity index (χ0) is 23.7. The number of ether oxygens (including phenoxy) is 2. The van der Waals surface area contributed by atoms with Crippen LogP contribution in [0, 0.1) is 11.6 Å². The van der Waals surface area contributed by atoms with E-state index in [1.807, 2.05) is 13.8 Å². The van der Waals surface area contributed by atoms with E-state index in [4.69, 9.17) is 9.47 Å². The summed E-state index contributed by atoms with van der Waals surface area (Å²) in [7, 11) is 0. The van der Waals surface area contributed by atoms with Crippen molar-refractivity contribution in [1.82, 2.24) is 14.8 Å². The molecule has 0 unspecified atom stereocenters. The lowest BCUT2D eigenvalue weighted by molar-refractivity contribution is 0.00608. The molecule has 1 fully saturated rings. The Morgan fingerprint density at radius 2 is 2.09 bits per heavy atom. The number of unbranched alkanes of at least 4 members (excludes halogenated alkanes) is 1. The lowest BCUT2D eigenvalue weighted by Crippen LogP contribution is -2.49. The Morgan fingerprint density at radius 3 is 2.82 bits per heavy atom. The van der Waals surface area contributed by atoms with Crippen LogP contribution < -0.4 is 15.5 Å². The molecule has 2 aromatic rings. The van der Waals surface area contributed by atoms with Crippen LogP contribution in [0.3, 0.4) is 0 Å². The molecule has 2 aliphatic rings. The first kappa shape index (κ1) is 22.9. The van der Waals surface area contributed by atoms with Crippen molar-refractivity contribution in [3.8, 4) is 5.75 Å². The van der Waals surface area contributed by atoms with Gasteiger partial charge in [0.15, 0.2) is 17.7 Å². The van der Waals surface area contributed by atoms with Crippen molar-refractivity contribution in [2.75, 3.05) is 13.2 Å². The van der Waals surface area contributed by atoms with Crippen molar-refractivity contribution in [3.63, 3.8) is 0 Å². The maximum absolute atomic E-state index is 13.9. The second kappa shape index (κ2) is 9.30. The highest BCUT2D eigenvalue weighted by molar-refractivity contribution is 5.99. The molecule has 8 nitrogen and oxygen atoms in total. The lowest BCUT2D eigenvalue weighted by Gasteiger charge is -2.34. The predicted molar refractivity (Wildman–Crippen MR) is 114 cm³/mol. The van der Waals surface area contributed by atoms with Gasteiger partial charge in [-0.05, 0) is 19.4 Å². The summed E-state index contributed by atoms with van der Waals surface area (Å²) in [6, 6.07) is 2.87. The Labute approximate surface area is 189 Å². The SMILES string of the molecule is CCCCOc1c2n(cc(C(=O)NCc3ccc(F)cc3F)c1=O)C[C@@H]1OC[C@@H](C)N1C2=O. The zero-order valence-electron chi connectivity index (χ0n) is 18.4. The third-order valence-electron chi connectivity index (χ3n) is 5.79. The predicted octanol–water partition coefficient (Wildman–Crippen LogP) is 2.44. The maximum Gasteiger partial charge on any atom is 0.276 e. The molecule has 33 heavy (non-hydrogen) atoms. The van der Waals surface area contributed by atoms with E-state index < -0.39 is 29.2 Å². The number of hydrogen-bond donors (Lipinski definition) is 1. The van der Waals surface area contributed by atoms with Gasteiger partial charge in [0.05, 0.1) is 25.8 Å². The number of nitrogens with one attached hydrogen (secondary N) is 1. The van der Waals surface area contributed by atoms with E-state index in [2.05, 4.69) is 5.32 Å². The van der Waals surface area contributed by atoms with Crippen LogP contribution in [0.15, 0.2) is 29.2 Å².